The number of rotatable bonds is 2. The summed E-state index contributed by atoms with van der Waals surface area (Å²) in [4.78, 5) is 8.89. The summed E-state index contributed by atoms with van der Waals surface area (Å²) >= 11 is 1.78. The van der Waals surface area contributed by atoms with Crippen LogP contribution in [0.2, 0.25) is 0 Å². The second-order valence-electron chi connectivity index (χ2n) is 7.00. The van der Waals surface area contributed by atoms with E-state index in [-0.39, 0.29) is 5.41 Å². The van der Waals surface area contributed by atoms with Crippen molar-refractivity contribution in [2.24, 2.45) is 0 Å². The van der Waals surface area contributed by atoms with Gasteiger partial charge in [-0.1, -0.05) is 32.9 Å². The van der Waals surface area contributed by atoms with Crippen LogP contribution in [0.3, 0.4) is 0 Å². The smallest absolute Gasteiger partial charge is 0.137 e. The molecule has 24 heavy (non-hydrogen) atoms. The average molecular weight is 331 g/mol. The number of hydrogen-bond acceptors (Lipinski definition) is 2. The van der Waals surface area contributed by atoms with E-state index in [1.54, 1.807) is 11.3 Å². The summed E-state index contributed by atoms with van der Waals surface area (Å²) in [5.74, 6) is 0. The number of aromatic nitrogens is 2. The predicted molar refractivity (Wildman–Crippen MR) is 102 cm³/mol. The van der Waals surface area contributed by atoms with Gasteiger partial charge in [0.1, 0.15) is 5.65 Å². The minimum atomic E-state index is 0.0940. The summed E-state index contributed by atoms with van der Waals surface area (Å²) in [5, 5.41) is 3.33. The number of nitrogens with one attached hydrogen (secondary N) is 1. The third-order valence-corrected chi connectivity index (χ3v) is 5.24. The molecule has 1 aromatic carbocycles. The summed E-state index contributed by atoms with van der Waals surface area (Å²) in [6.07, 6.45) is 3.82. The van der Waals surface area contributed by atoms with Gasteiger partial charge in [0.2, 0.25) is 0 Å². The number of nitrogens with zero attached hydrogens (tertiary/aromatic N) is 1. The molecule has 0 saturated carbocycles. The van der Waals surface area contributed by atoms with Crippen LogP contribution in [-0.2, 0) is 5.41 Å². The third-order valence-electron chi connectivity index (χ3n) is 4.29. The van der Waals surface area contributed by atoms with Gasteiger partial charge in [0, 0.05) is 33.8 Å². The first-order valence-electron chi connectivity index (χ1n) is 8.06. The summed E-state index contributed by atoms with van der Waals surface area (Å²) in [6.45, 7) is 6.68. The molecule has 3 aromatic heterocycles. The van der Waals surface area contributed by atoms with E-state index in [1.807, 2.05) is 18.5 Å². The van der Waals surface area contributed by atoms with Crippen LogP contribution in [-0.4, -0.2) is 9.97 Å². The molecule has 0 aliphatic heterocycles. The zero-order chi connectivity index (χ0) is 16.7. The molecule has 3 heteroatoms. The maximum Gasteiger partial charge on any atom is 0.137 e. The first-order valence-corrected chi connectivity index (χ1v) is 8.94. The number of benzene rings is 1. The molecule has 0 fully saturated rings. The SMILES string of the molecule is CC(C)(C)c1[c]ccc(-c2ccsc2-c2ccnc3[nH]ccc23)c1. The van der Waals surface area contributed by atoms with Gasteiger partial charge < -0.3 is 4.98 Å². The van der Waals surface area contributed by atoms with Crippen LogP contribution in [0.15, 0.2) is 54.2 Å². The quantitative estimate of drug-likeness (QED) is 0.475. The molecule has 0 spiro atoms. The molecule has 4 rings (SSSR count). The zero-order valence-corrected chi connectivity index (χ0v) is 14.9. The molecule has 0 aliphatic rings. The Morgan fingerprint density at radius 2 is 1.96 bits per heavy atom. The highest BCUT2D eigenvalue weighted by Crippen LogP contribution is 2.40. The van der Waals surface area contributed by atoms with E-state index >= 15 is 0 Å². The predicted octanol–water partition coefficient (Wildman–Crippen LogP) is 6.06. The molecule has 4 aromatic rings. The molecular weight excluding hydrogens is 312 g/mol. The highest BCUT2D eigenvalue weighted by Gasteiger charge is 2.17. The molecule has 0 amide bonds. The number of hydrogen-bond donors (Lipinski definition) is 1. The first-order chi connectivity index (χ1) is 11.5. The second-order valence-corrected chi connectivity index (χ2v) is 7.92. The topological polar surface area (TPSA) is 28.7 Å². The van der Waals surface area contributed by atoms with Gasteiger partial charge in [-0.05, 0) is 52.3 Å². The highest BCUT2D eigenvalue weighted by atomic mass is 32.1. The lowest BCUT2D eigenvalue weighted by Gasteiger charge is -2.19. The fraction of sp³-hybridized carbons (Fsp3) is 0.190. The van der Waals surface area contributed by atoms with Crippen LogP contribution in [0.5, 0.6) is 0 Å². The average Bonchev–Trinajstić information content (AvgIpc) is 3.23. The Labute approximate surface area is 146 Å². The first kappa shape index (κ1) is 15.2. The Kier molecular flexibility index (Phi) is 3.54. The lowest BCUT2D eigenvalue weighted by Crippen LogP contribution is -2.10. The second kappa shape index (κ2) is 5.60. The molecule has 1 N–H and O–H groups in total. The van der Waals surface area contributed by atoms with Gasteiger partial charge in [0.15, 0.2) is 0 Å². The van der Waals surface area contributed by atoms with Crippen molar-refractivity contribution >= 4 is 22.4 Å². The molecule has 119 valence electrons. The summed E-state index contributed by atoms with van der Waals surface area (Å²) < 4.78 is 0. The molecule has 3 heterocycles. The number of fused-ring (bicyclic) bond motifs is 1. The summed E-state index contributed by atoms with van der Waals surface area (Å²) in [6, 6.07) is 16.2. The third kappa shape index (κ3) is 2.55. The standard InChI is InChI=1S/C21H19N2S/c1-21(2,3)15-6-4-5-14(13-15)16-9-12-24-19(16)17-7-10-22-20-18(17)8-11-23-20/h4-5,7-13H,1-3H3,(H,22,23). The molecule has 0 atom stereocenters. The van der Waals surface area contributed by atoms with Gasteiger partial charge >= 0.3 is 0 Å². The number of pyridine rings is 1. The Balaban J connectivity index is 1.89. The fourth-order valence-electron chi connectivity index (χ4n) is 2.97. The molecular formula is C21H19N2S. The van der Waals surface area contributed by atoms with Crippen molar-refractivity contribution in [3.05, 3.63) is 65.8 Å². The monoisotopic (exact) mass is 331 g/mol. The van der Waals surface area contributed by atoms with Crippen molar-refractivity contribution in [1.82, 2.24) is 9.97 Å². The van der Waals surface area contributed by atoms with Crippen molar-refractivity contribution in [2.45, 2.75) is 26.2 Å². The van der Waals surface area contributed by atoms with Crippen molar-refractivity contribution in [3.8, 4) is 21.6 Å². The van der Waals surface area contributed by atoms with Gasteiger partial charge in [-0.2, -0.15) is 0 Å². The van der Waals surface area contributed by atoms with E-state index in [4.69, 9.17) is 0 Å². The van der Waals surface area contributed by atoms with E-state index in [1.165, 1.54) is 32.5 Å². The summed E-state index contributed by atoms with van der Waals surface area (Å²) in [5.41, 5.74) is 6.01. The molecule has 0 aliphatic carbocycles. The van der Waals surface area contributed by atoms with E-state index in [2.05, 4.69) is 72.5 Å². The molecule has 0 bridgehead atoms. The fourth-order valence-corrected chi connectivity index (χ4v) is 3.93. The van der Waals surface area contributed by atoms with Crippen molar-refractivity contribution in [3.63, 3.8) is 0 Å². The molecule has 2 nitrogen and oxygen atoms in total. The van der Waals surface area contributed by atoms with E-state index in [0.29, 0.717) is 0 Å². The Morgan fingerprint density at radius 3 is 2.79 bits per heavy atom. The molecule has 0 saturated heterocycles. The van der Waals surface area contributed by atoms with Gasteiger partial charge in [-0.15, -0.1) is 11.3 Å². The summed E-state index contributed by atoms with van der Waals surface area (Å²) in [7, 11) is 0. The van der Waals surface area contributed by atoms with Gasteiger partial charge in [-0.25, -0.2) is 4.98 Å². The van der Waals surface area contributed by atoms with Gasteiger partial charge in [0.25, 0.3) is 0 Å². The maximum atomic E-state index is 4.40. The van der Waals surface area contributed by atoms with Crippen LogP contribution >= 0.6 is 11.3 Å². The number of aromatic amines is 1. The Bertz CT molecular complexity index is 1000. The lowest BCUT2D eigenvalue weighted by atomic mass is 9.85. The van der Waals surface area contributed by atoms with E-state index in [0.717, 1.165) is 5.65 Å². The Hall–Kier alpha value is -2.39. The van der Waals surface area contributed by atoms with Crippen LogP contribution < -0.4 is 0 Å². The van der Waals surface area contributed by atoms with Crippen LogP contribution in [0, 0.1) is 6.07 Å². The van der Waals surface area contributed by atoms with Crippen LogP contribution in [0.25, 0.3) is 32.6 Å². The minimum Gasteiger partial charge on any atom is -0.346 e. The van der Waals surface area contributed by atoms with Crippen molar-refractivity contribution in [2.75, 3.05) is 0 Å². The largest absolute Gasteiger partial charge is 0.346 e. The molecule has 1 radical (unpaired) electrons. The normalized spacial score (nSPS) is 12.0. The number of H-pyrrole nitrogens is 1. The highest BCUT2D eigenvalue weighted by molar-refractivity contribution is 7.14. The van der Waals surface area contributed by atoms with E-state index in [9.17, 15) is 0 Å². The maximum absolute atomic E-state index is 4.40. The van der Waals surface area contributed by atoms with Crippen molar-refractivity contribution < 1.29 is 0 Å². The zero-order valence-electron chi connectivity index (χ0n) is 14.1. The van der Waals surface area contributed by atoms with Crippen LogP contribution in [0.4, 0.5) is 0 Å². The molecule has 0 unspecified atom stereocenters. The van der Waals surface area contributed by atoms with Crippen LogP contribution in [0.1, 0.15) is 26.3 Å². The number of thiophene rings is 1. The minimum absolute atomic E-state index is 0.0940. The Morgan fingerprint density at radius 1 is 1.08 bits per heavy atom. The van der Waals surface area contributed by atoms with Gasteiger partial charge in [0.05, 0.1) is 0 Å². The lowest BCUT2D eigenvalue weighted by molar-refractivity contribution is 0.589. The van der Waals surface area contributed by atoms with E-state index < -0.39 is 0 Å². The van der Waals surface area contributed by atoms with Crippen molar-refractivity contribution in [1.29, 1.82) is 0 Å². The van der Waals surface area contributed by atoms with Gasteiger partial charge in [-0.3, -0.25) is 0 Å².